The van der Waals surface area contributed by atoms with Gasteiger partial charge in [-0.25, -0.2) is 9.78 Å². The van der Waals surface area contributed by atoms with E-state index in [1.165, 1.54) is 0 Å². The molecule has 6 nitrogen and oxygen atoms in total. The Kier molecular flexibility index (Phi) is 5.45. The van der Waals surface area contributed by atoms with Crippen LogP contribution >= 0.6 is 0 Å². The number of benzene rings is 1. The number of likely N-dealkylation sites (tertiary alicyclic amines) is 1. The normalized spacial score (nSPS) is 15.5. The molecule has 3 aromatic rings. The van der Waals surface area contributed by atoms with Crippen LogP contribution in [0.25, 0.3) is 11.0 Å². The first-order valence-corrected chi connectivity index (χ1v) is 9.98. The number of hydrogen-bond acceptors (Lipinski definition) is 5. The number of aromatic nitrogens is 1. The number of anilines is 1. The van der Waals surface area contributed by atoms with Crippen LogP contribution in [0.1, 0.15) is 29.5 Å². The monoisotopic (exact) mass is 391 g/mol. The third kappa shape index (κ3) is 4.22. The zero-order valence-electron chi connectivity index (χ0n) is 16.8. The number of pyridine rings is 1. The number of rotatable bonds is 4. The van der Waals surface area contributed by atoms with Crippen molar-refractivity contribution in [1.82, 2.24) is 9.88 Å². The van der Waals surface area contributed by atoms with Gasteiger partial charge in [0, 0.05) is 30.1 Å². The van der Waals surface area contributed by atoms with Crippen LogP contribution in [-0.4, -0.2) is 28.9 Å². The van der Waals surface area contributed by atoms with Crippen molar-refractivity contribution in [3.8, 4) is 0 Å². The van der Waals surface area contributed by atoms with Crippen molar-refractivity contribution in [3.63, 3.8) is 0 Å². The van der Waals surface area contributed by atoms with Crippen LogP contribution in [0.15, 0.2) is 51.8 Å². The number of fused-ring (bicyclic) bond motifs is 1. The molecule has 1 aromatic carbocycles. The van der Waals surface area contributed by atoms with E-state index in [1.54, 1.807) is 18.3 Å². The molecule has 150 valence electrons. The molecule has 4 rings (SSSR count). The number of aryl methyl sites for hydroxylation is 2. The first kappa shape index (κ1) is 19.3. The van der Waals surface area contributed by atoms with Gasteiger partial charge in [-0.2, -0.15) is 0 Å². The highest BCUT2D eigenvalue weighted by molar-refractivity contribution is 5.91. The molecule has 2 aromatic heterocycles. The molecule has 1 fully saturated rings. The summed E-state index contributed by atoms with van der Waals surface area (Å²) >= 11 is 0. The largest absolute Gasteiger partial charge is 0.422 e. The van der Waals surface area contributed by atoms with Crippen LogP contribution in [0.4, 0.5) is 5.82 Å². The summed E-state index contributed by atoms with van der Waals surface area (Å²) in [5, 5.41) is 3.89. The topological polar surface area (TPSA) is 75.4 Å². The fourth-order valence-electron chi connectivity index (χ4n) is 3.91. The second kappa shape index (κ2) is 8.17. The molecule has 1 amide bonds. The summed E-state index contributed by atoms with van der Waals surface area (Å²) in [7, 11) is 0. The molecular weight excluding hydrogens is 366 g/mol. The minimum absolute atomic E-state index is 0.0178. The van der Waals surface area contributed by atoms with Crippen molar-refractivity contribution in [3.05, 3.63) is 69.7 Å². The highest BCUT2D eigenvalue weighted by Gasteiger charge is 2.25. The van der Waals surface area contributed by atoms with Gasteiger partial charge in [-0.1, -0.05) is 18.2 Å². The molecule has 0 atom stereocenters. The molecule has 0 spiro atoms. The molecule has 0 radical (unpaired) electrons. The Morgan fingerprint density at radius 2 is 2.00 bits per heavy atom. The van der Waals surface area contributed by atoms with Crippen molar-refractivity contribution >= 4 is 22.7 Å². The average molecular weight is 391 g/mol. The Bertz CT molecular complexity index is 1080. The molecule has 29 heavy (non-hydrogen) atoms. The third-order valence-electron chi connectivity index (χ3n) is 5.79. The van der Waals surface area contributed by atoms with Gasteiger partial charge in [-0.3, -0.25) is 9.69 Å². The summed E-state index contributed by atoms with van der Waals surface area (Å²) in [4.78, 5) is 31.0. The van der Waals surface area contributed by atoms with E-state index in [2.05, 4.69) is 21.3 Å². The standard InChI is InChI=1S/C23H25N3O3/c1-15-6-7-19-18(13-21(27)29-22(19)16(15)2)14-26-11-8-17(9-12-26)23(28)25-20-5-3-4-10-24-20/h3-7,10,13,17H,8-9,11-12,14H2,1-2H3,(H,24,25,28). The first-order valence-electron chi connectivity index (χ1n) is 9.98. The van der Waals surface area contributed by atoms with Gasteiger partial charge in [0.1, 0.15) is 11.4 Å². The van der Waals surface area contributed by atoms with E-state index in [1.807, 2.05) is 32.0 Å². The molecule has 0 bridgehead atoms. The van der Waals surface area contributed by atoms with Gasteiger partial charge in [0.05, 0.1) is 0 Å². The zero-order valence-corrected chi connectivity index (χ0v) is 16.8. The van der Waals surface area contributed by atoms with Crippen molar-refractivity contribution in [1.29, 1.82) is 0 Å². The lowest BCUT2D eigenvalue weighted by atomic mass is 9.95. The molecule has 1 aliphatic rings. The van der Waals surface area contributed by atoms with Crippen LogP contribution in [-0.2, 0) is 11.3 Å². The van der Waals surface area contributed by atoms with Crippen LogP contribution in [0.3, 0.4) is 0 Å². The number of nitrogens with zero attached hydrogens (tertiary/aromatic N) is 2. The number of hydrogen-bond donors (Lipinski definition) is 1. The maximum atomic E-state index is 12.5. The van der Waals surface area contributed by atoms with Crippen molar-refractivity contribution in [2.45, 2.75) is 33.2 Å². The van der Waals surface area contributed by atoms with Gasteiger partial charge in [0.25, 0.3) is 0 Å². The second-order valence-corrected chi connectivity index (χ2v) is 7.73. The van der Waals surface area contributed by atoms with Crippen molar-refractivity contribution in [2.75, 3.05) is 18.4 Å². The zero-order chi connectivity index (χ0) is 20.4. The van der Waals surface area contributed by atoms with Gasteiger partial charge in [0.15, 0.2) is 0 Å². The molecule has 1 saturated heterocycles. The molecule has 6 heteroatoms. The smallest absolute Gasteiger partial charge is 0.336 e. The van der Waals surface area contributed by atoms with E-state index in [-0.39, 0.29) is 17.5 Å². The van der Waals surface area contributed by atoms with Gasteiger partial charge >= 0.3 is 5.63 Å². The predicted molar refractivity (Wildman–Crippen MR) is 113 cm³/mol. The summed E-state index contributed by atoms with van der Waals surface area (Å²) in [5.41, 5.74) is 3.46. The summed E-state index contributed by atoms with van der Waals surface area (Å²) in [5.74, 6) is 0.601. The number of carbonyl (C=O) groups is 1. The molecule has 0 unspecified atom stereocenters. The van der Waals surface area contributed by atoms with Gasteiger partial charge in [-0.05, 0) is 68.6 Å². The van der Waals surface area contributed by atoms with E-state index in [9.17, 15) is 9.59 Å². The Balaban J connectivity index is 1.43. The summed E-state index contributed by atoms with van der Waals surface area (Å²) in [6.45, 7) is 6.30. The molecule has 0 aliphatic carbocycles. The summed E-state index contributed by atoms with van der Waals surface area (Å²) in [6.07, 6.45) is 3.24. The highest BCUT2D eigenvalue weighted by Crippen LogP contribution is 2.26. The lowest BCUT2D eigenvalue weighted by Crippen LogP contribution is -2.38. The number of nitrogens with one attached hydrogen (secondary N) is 1. The van der Waals surface area contributed by atoms with E-state index >= 15 is 0 Å². The highest BCUT2D eigenvalue weighted by atomic mass is 16.4. The summed E-state index contributed by atoms with van der Waals surface area (Å²) < 4.78 is 5.48. The molecular formula is C23H25N3O3. The maximum absolute atomic E-state index is 12.5. The fraction of sp³-hybridized carbons (Fsp3) is 0.348. The van der Waals surface area contributed by atoms with Crippen LogP contribution < -0.4 is 10.9 Å². The Hall–Kier alpha value is -2.99. The van der Waals surface area contributed by atoms with E-state index in [0.29, 0.717) is 17.9 Å². The van der Waals surface area contributed by atoms with E-state index < -0.39 is 0 Å². The quantitative estimate of drug-likeness (QED) is 0.687. The summed E-state index contributed by atoms with van der Waals surface area (Å²) in [6, 6.07) is 11.2. The molecule has 3 heterocycles. The Morgan fingerprint density at radius 3 is 2.72 bits per heavy atom. The maximum Gasteiger partial charge on any atom is 0.336 e. The predicted octanol–water partition coefficient (Wildman–Crippen LogP) is 3.66. The lowest BCUT2D eigenvalue weighted by molar-refractivity contribution is -0.121. The Morgan fingerprint density at radius 1 is 1.21 bits per heavy atom. The van der Waals surface area contributed by atoms with Crippen LogP contribution in [0, 0.1) is 19.8 Å². The first-order chi connectivity index (χ1) is 14.0. The Labute approximate surface area is 169 Å². The third-order valence-corrected chi connectivity index (χ3v) is 5.79. The van der Waals surface area contributed by atoms with Crippen LogP contribution in [0.5, 0.6) is 0 Å². The number of amides is 1. The van der Waals surface area contributed by atoms with Gasteiger partial charge in [-0.15, -0.1) is 0 Å². The van der Waals surface area contributed by atoms with Gasteiger partial charge < -0.3 is 9.73 Å². The van der Waals surface area contributed by atoms with Crippen LogP contribution in [0.2, 0.25) is 0 Å². The number of piperidine rings is 1. The lowest BCUT2D eigenvalue weighted by Gasteiger charge is -2.31. The second-order valence-electron chi connectivity index (χ2n) is 7.73. The van der Waals surface area contributed by atoms with E-state index in [4.69, 9.17) is 4.42 Å². The molecule has 0 saturated carbocycles. The van der Waals surface area contributed by atoms with Crippen molar-refractivity contribution in [2.24, 2.45) is 5.92 Å². The fourth-order valence-corrected chi connectivity index (χ4v) is 3.91. The minimum Gasteiger partial charge on any atom is -0.422 e. The van der Waals surface area contributed by atoms with E-state index in [0.717, 1.165) is 48.0 Å². The van der Waals surface area contributed by atoms with Gasteiger partial charge in [0.2, 0.25) is 5.91 Å². The SMILES string of the molecule is Cc1ccc2c(CN3CCC(C(=O)Nc4ccccn4)CC3)cc(=O)oc2c1C. The number of carbonyl (C=O) groups excluding carboxylic acids is 1. The average Bonchev–Trinajstić information content (AvgIpc) is 2.72. The minimum atomic E-state index is -0.314. The van der Waals surface area contributed by atoms with Crippen molar-refractivity contribution < 1.29 is 9.21 Å². The molecule has 1 aliphatic heterocycles. The molecule has 1 N–H and O–H groups in total.